The molecule has 6 heteroatoms. The number of phenols is 1. The molecule has 0 spiro atoms. The van der Waals surface area contributed by atoms with E-state index in [0.29, 0.717) is 11.0 Å². The lowest BCUT2D eigenvalue weighted by molar-refractivity contribution is 0.0996. The minimum atomic E-state index is -0.740. The highest BCUT2D eigenvalue weighted by Gasteiger charge is 2.11. The Hall–Kier alpha value is -3.15. The number of halogens is 1. The van der Waals surface area contributed by atoms with Crippen LogP contribution in [-0.2, 0) is 0 Å². The third-order valence-corrected chi connectivity index (χ3v) is 3.32. The molecule has 116 valence electrons. The normalized spacial score (nSPS) is 11.8. The fraction of sp³-hybridized carbons (Fsp3) is 0.0588. The first-order valence-corrected chi connectivity index (χ1v) is 6.81. The summed E-state index contributed by atoms with van der Waals surface area (Å²) >= 11 is 0. The molecule has 0 fully saturated rings. The van der Waals surface area contributed by atoms with Crippen molar-refractivity contribution in [2.75, 3.05) is 0 Å². The van der Waals surface area contributed by atoms with Crippen LogP contribution < -0.4 is 11.3 Å². The van der Waals surface area contributed by atoms with Gasteiger partial charge in [-0.1, -0.05) is 6.07 Å². The second-order valence-electron chi connectivity index (χ2n) is 5.12. The lowest BCUT2D eigenvalue weighted by Gasteiger charge is -2.03. The lowest BCUT2D eigenvalue weighted by atomic mass is 10.1. The number of aryl methyl sites for hydroxylation is 1. The zero-order chi connectivity index (χ0) is 16.6. The van der Waals surface area contributed by atoms with E-state index in [1.54, 1.807) is 19.1 Å². The van der Waals surface area contributed by atoms with Gasteiger partial charge in [-0.25, -0.2) is 9.38 Å². The summed E-state index contributed by atoms with van der Waals surface area (Å²) in [5.41, 5.74) is 6.43. The molecular formula is C17H13FN2O3. The molecule has 0 bridgehead atoms. The van der Waals surface area contributed by atoms with Crippen LogP contribution >= 0.6 is 0 Å². The number of carbonyl (C=O) groups is 1. The number of fused-ring (bicyclic) bond motifs is 1. The predicted octanol–water partition coefficient (Wildman–Crippen LogP) is 2.92. The van der Waals surface area contributed by atoms with E-state index in [1.165, 1.54) is 30.3 Å². The molecule has 0 saturated heterocycles. The topological polar surface area (TPSA) is 88.8 Å². The number of hydrogen-bond donors (Lipinski definition) is 2. The number of rotatable bonds is 2. The lowest BCUT2D eigenvalue weighted by Crippen LogP contribution is -2.21. The van der Waals surface area contributed by atoms with Gasteiger partial charge in [-0.15, -0.1) is 0 Å². The number of amides is 1. The molecule has 0 radical (unpaired) electrons. The Bertz CT molecular complexity index is 993. The van der Waals surface area contributed by atoms with E-state index in [1.807, 2.05) is 0 Å². The summed E-state index contributed by atoms with van der Waals surface area (Å²) in [6, 6.07) is 10.3. The molecule has 0 atom stereocenters. The Morgan fingerprint density at radius 2 is 2.00 bits per heavy atom. The van der Waals surface area contributed by atoms with Crippen LogP contribution in [0.15, 0.2) is 51.9 Å². The van der Waals surface area contributed by atoms with Crippen LogP contribution in [0.3, 0.4) is 0 Å². The molecule has 0 aliphatic rings. The maximum absolute atomic E-state index is 13.9. The first-order valence-electron chi connectivity index (χ1n) is 6.81. The van der Waals surface area contributed by atoms with Crippen LogP contribution in [0.1, 0.15) is 15.9 Å². The number of primary amides is 1. The summed E-state index contributed by atoms with van der Waals surface area (Å²) in [6.07, 6.45) is 0. The Balaban J connectivity index is 2.33. The molecule has 0 aliphatic heterocycles. The molecule has 3 N–H and O–H groups in total. The first kappa shape index (κ1) is 14.8. The third-order valence-electron chi connectivity index (χ3n) is 3.32. The molecule has 2 aromatic carbocycles. The molecule has 23 heavy (non-hydrogen) atoms. The van der Waals surface area contributed by atoms with Gasteiger partial charge in [0.25, 0.3) is 5.91 Å². The molecule has 0 unspecified atom stereocenters. The van der Waals surface area contributed by atoms with Crippen molar-refractivity contribution in [3.8, 4) is 5.75 Å². The second kappa shape index (κ2) is 5.57. The molecule has 1 aromatic heterocycles. The van der Waals surface area contributed by atoms with Gasteiger partial charge in [-0.05, 0) is 42.8 Å². The first-order chi connectivity index (χ1) is 10.9. The molecule has 3 rings (SSSR count). The predicted molar refractivity (Wildman–Crippen MR) is 82.8 cm³/mol. The highest BCUT2D eigenvalue weighted by atomic mass is 19.1. The van der Waals surface area contributed by atoms with Gasteiger partial charge in [0, 0.05) is 11.5 Å². The maximum Gasteiger partial charge on any atom is 0.254 e. The van der Waals surface area contributed by atoms with E-state index in [9.17, 15) is 14.3 Å². The van der Waals surface area contributed by atoms with Crippen molar-refractivity contribution >= 4 is 22.6 Å². The summed E-state index contributed by atoms with van der Waals surface area (Å²) in [5.74, 6) is -1.28. The van der Waals surface area contributed by atoms with Crippen molar-refractivity contribution in [2.45, 2.75) is 6.92 Å². The fourth-order valence-corrected chi connectivity index (χ4v) is 2.18. The van der Waals surface area contributed by atoms with Gasteiger partial charge in [0.2, 0.25) is 5.55 Å². The third kappa shape index (κ3) is 2.91. The van der Waals surface area contributed by atoms with Crippen LogP contribution in [0.2, 0.25) is 0 Å². The second-order valence-corrected chi connectivity index (χ2v) is 5.12. The standard InChI is InChI=1S/C17H13FN2O3/c1-9-2-5-13(18)14(6-9)20-17-12(16(19)22)7-10-3-4-11(21)8-15(10)23-17/h2-8,21H,1H3,(H2,19,22). The van der Waals surface area contributed by atoms with Gasteiger partial charge in [-0.2, -0.15) is 0 Å². The largest absolute Gasteiger partial charge is 0.508 e. The van der Waals surface area contributed by atoms with Crippen LogP contribution in [0.25, 0.3) is 11.0 Å². The molecule has 5 nitrogen and oxygen atoms in total. The van der Waals surface area contributed by atoms with E-state index < -0.39 is 11.7 Å². The van der Waals surface area contributed by atoms with Crippen molar-refractivity contribution in [3.63, 3.8) is 0 Å². The SMILES string of the molecule is Cc1ccc(F)c(N=c2oc3cc(O)ccc3cc2C(N)=O)c1. The van der Waals surface area contributed by atoms with Gasteiger partial charge in [0.05, 0.1) is 0 Å². The van der Waals surface area contributed by atoms with E-state index in [0.717, 1.165) is 5.56 Å². The number of benzene rings is 2. The molecule has 1 heterocycles. The monoisotopic (exact) mass is 312 g/mol. The zero-order valence-electron chi connectivity index (χ0n) is 12.2. The highest BCUT2D eigenvalue weighted by Crippen LogP contribution is 2.21. The average Bonchev–Trinajstić information content (AvgIpc) is 2.50. The number of nitrogens with two attached hydrogens (primary N) is 1. The van der Waals surface area contributed by atoms with Gasteiger partial charge in [0.1, 0.15) is 28.4 Å². The molecule has 0 aliphatic carbocycles. The highest BCUT2D eigenvalue weighted by molar-refractivity contribution is 5.95. The van der Waals surface area contributed by atoms with E-state index in [2.05, 4.69) is 4.99 Å². The number of nitrogens with zero attached hydrogens (tertiary/aromatic N) is 1. The van der Waals surface area contributed by atoms with E-state index in [4.69, 9.17) is 10.2 Å². The van der Waals surface area contributed by atoms with Crippen molar-refractivity contribution < 1.29 is 18.7 Å². The van der Waals surface area contributed by atoms with Gasteiger partial charge in [-0.3, -0.25) is 4.79 Å². The Labute approximate surface area is 130 Å². The summed E-state index contributed by atoms with van der Waals surface area (Å²) in [4.78, 5) is 15.7. The molecule has 1 amide bonds. The smallest absolute Gasteiger partial charge is 0.254 e. The quantitative estimate of drug-likeness (QED) is 0.762. The van der Waals surface area contributed by atoms with E-state index in [-0.39, 0.29) is 22.6 Å². The summed E-state index contributed by atoms with van der Waals surface area (Å²) in [6.45, 7) is 1.79. The van der Waals surface area contributed by atoms with Crippen LogP contribution in [0.5, 0.6) is 5.75 Å². The average molecular weight is 312 g/mol. The van der Waals surface area contributed by atoms with Crippen LogP contribution in [0.4, 0.5) is 10.1 Å². The van der Waals surface area contributed by atoms with E-state index >= 15 is 0 Å². The Morgan fingerprint density at radius 1 is 1.22 bits per heavy atom. The Kier molecular flexibility index (Phi) is 3.57. The molecular weight excluding hydrogens is 299 g/mol. The minimum absolute atomic E-state index is 0.000705. The van der Waals surface area contributed by atoms with Crippen LogP contribution in [0, 0.1) is 12.7 Å². The van der Waals surface area contributed by atoms with Crippen molar-refractivity contribution in [2.24, 2.45) is 10.7 Å². The Morgan fingerprint density at radius 3 is 2.74 bits per heavy atom. The number of phenolic OH excluding ortho intramolecular Hbond substituents is 1. The van der Waals surface area contributed by atoms with Crippen molar-refractivity contribution in [1.82, 2.24) is 0 Å². The summed E-state index contributed by atoms with van der Waals surface area (Å²) in [7, 11) is 0. The van der Waals surface area contributed by atoms with Gasteiger partial charge < -0.3 is 15.3 Å². The minimum Gasteiger partial charge on any atom is -0.508 e. The van der Waals surface area contributed by atoms with Crippen molar-refractivity contribution in [3.05, 3.63) is 65.0 Å². The fourth-order valence-electron chi connectivity index (χ4n) is 2.18. The van der Waals surface area contributed by atoms with Gasteiger partial charge >= 0.3 is 0 Å². The van der Waals surface area contributed by atoms with Crippen molar-refractivity contribution in [1.29, 1.82) is 0 Å². The number of aromatic hydroxyl groups is 1. The summed E-state index contributed by atoms with van der Waals surface area (Å²) < 4.78 is 19.4. The zero-order valence-corrected chi connectivity index (χ0v) is 12.2. The van der Waals surface area contributed by atoms with Crippen LogP contribution in [-0.4, -0.2) is 11.0 Å². The van der Waals surface area contributed by atoms with Gasteiger partial charge in [0.15, 0.2) is 0 Å². The molecule has 0 saturated carbocycles. The number of hydrogen-bond acceptors (Lipinski definition) is 4. The molecule has 3 aromatic rings. The summed E-state index contributed by atoms with van der Waals surface area (Å²) in [5, 5.41) is 10.1. The number of carbonyl (C=O) groups excluding carboxylic acids is 1. The maximum atomic E-state index is 13.9.